The third-order valence-corrected chi connectivity index (χ3v) is 7.37. The van der Waals surface area contributed by atoms with Crippen LogP contribution in [0.5, 0.6) is 0 Å². The summed E-state index contributed by atoms with van der Waals surface area (Å²) in [5, 5.41) is 0. The zero-order chi connectivity index (χ0) is 16.9. The van der Waals surface area contributed by atoms with Crippen LogP contribution in [0.4, 0.5) is 0 Å². The zero-order valence-electron chi connectivity index (χ0n) is 14.6. The van der Waals surface area contributed by atoms with Crippen molar-refractivity contribution in [1.29, 1.82) is 0 Å². The number of carbonyl (C=O) groups is 2. The maximum atomic E-state index is 12.2. The SMILES string of the molecule is C[C@@H]1CC[C@@]23COC(=O)C2=CCCC3[C@@]1(C)CCC1=CCOC1=O. The van der Waals surface area contributed by atoms with Gasteiger partial charge in [0.1, 0.15) is 13.2 Å². The van der Waals surface area contributed by atoms with Gasteiger partial charge in [0, 0.05) is 16.6 Å². The van der Waals surface area contributed by atoms with Gasteiger partial charge >= 0.3 is 11.9 Å². The molecule has 1 saturated carbocycles. The molecule has 4 atom stereocenters. The number of rotatable bonds is 3. The van der Waals surface area contributed by atoms with E-state index >= 15 is 0 Å². The Morgan fingerprint density at radius 1 is 1.17 bits per heavy atom. The second kappa shape index (κ2) is 5.47. The van der Waals surface area contributed by atoms with Gasteiger partial charge in [-0.2, -0.15) is 0 Å². The maximum absolute atomic E-state index is 12.2. The molecule has 4 nitrogen and oxygen atoms in total. The van der Waals surface area contributed by atoms with E-state index in [9.17, 15) is 9.59 Å². The van der Waals surface area contributed by atoms with Gasteiger partial charge < -0.3 is 9.47 Å². The van der Waals surface area contributed by atoms with Crippen LogP contribution in [0.25, 0.3) is 0 Å². The highest BCUT2D eigenvalue weighted by Gasteiger charge is 2.60. The first-order chi connectivity index (χ1) is 11.5. The van der Waals surface area contributed by atoms with Crippen molar-refractivity contribution in [3.05, 3.63) is 23.3 Å². The first kappa shape index (κ1) is 15.9. The number of ether oxygens (including phenoxy) is 2. The summed E-state index contributed by atoms with van der Waals surface area (Å²) in [6, 6.07) is 0. The van der Waals surface area contributed by atoms with Crippen molar-refractivity contribution in [2.45, 2.75) is 52.4 Å². The minimum atomic E-state index is -0.152. The average molecular weight is 330 g/mol. The van der Waals surface area contributed by atoms with Crippen molar-refractivity contribution in [2.75, 3.05) is 13.2 Å². The Balaban J connectivity index is 1.63. The van der Waals surface area contributed by atoms with Crippen LogP contribution in [0.15, 0.2) is 23.3 Å². The molecule has 2 aliphatic carbocycles. The van der Waals surface area contributed by atoms with Crippen molar-refractivity contribution in [3.63, 3.8) is 0 Å². The summed E-state index contributed by atoms with van der Waals surface area (Å²) >= 11 is 0. The molecule has 1 unspecified atom stereocenters. The molecule has 1 saturated heterocycles. The fraction of sp³-hybridized carbons (Fsp3) is 0.700. The minimum Gasteiger partial charge on any atom is -0.461 e. The Morgan fingerprint density at radius 3 is 2.75 bits per heavy atom. The highest BCUT2D eigenvalue weighted by atomic mass is 16.5. The molecule has 0 amide bonds. The molecular weight excluding hydrogens is 304 g/mol. The van der Waals surface area contributed by atoms with E-state index < -0.39 is 0 Å². The average Bonchev–Trinajstić information content (AvgIpc) is 3.13. The molecule has 0 N–H and O–H groups in total. The minimum absolute atomic E-state index is 0.0822. The molecule has 4 aliphatic rings. The van der Waals surface area contributed by atoms with Gasteiger partial charge in [-0.3, -0.25) is 0 Å². The molecule has 130 valence electrons. The molecule has 4 rings (SSSR count). The molecule has 24 heavy (non-hydrogen) atoms. The Morgan fingerprint density at radius 2 is 2.00 bits per heavy atom. The van der Waals surface area contributed by atoms with Crippen molar-refractivity contribution in [1.82, 2.24) is 0 Å². The fourth-order valence-corrected chi connectivity index (χ4v) is 5.71. The predicted octanol–water partition coefficient (Wildman–Crippen LogP) is 3.57. The zero-order valence-corrected chi connectivity index (χ0v) is 14.6. The van der Waals surface area contributed by atoms with Gasteiger partial charge in [-0.1, -0.05) is 19.9 Å². The van der Waals surface area contributed by atoms with Gasteiger partial charge in [0.2, 0.25) is 0 Å². The number of hydrogen-bond donors (Lipinski definition) is 0. The van der Waals surface area contributed by atoms with Crippen LogP contribution in [-0.4, -0.2) is 25.2 Å². The van der Waals surface area contributed by atoms with Crippen molar-refractivity contribution >= 4 is 11.9 Å². The van der Waals surface area contributed by atoms with Crippen LogP contribution in [0, 0.1) is 22.7 Å². The van der Waals surface area contributed by atoms with Crippen molar-refractivity contribution in [3.8, 4) is 0 Å². The van der Waals surface area contributed by atoms with E-state index in [2.05, 4.69) is 19.9 Å². The van der Waals surface area contributed by atoms with Crippen LogP contribution in [0.3, 0.4) is 0 Å². The van der Waals surface area contributed by atoms with Gasteiger partial charge in [0.05, 0.1) is 0 Å². The summed E-state index contributed by atoms with van der Waals surface area (Å²) in [7, 11) is 0. The number of cyclic esters (lactones) is 2. The maximum Gasteiger partial charge on any atom is 0.334 e. The van der Waals surface area contributed by atoms with Gasteiger partial charge in [-0.05, 0) is 61.9 Å². The molecule has 2 aliphatic heterocycles. The Labute approximate surface area is 143 Å². The molecule has 2 heterocycles. The Kier molecular flexibility index (Phi) is 3.63. The molecular formula is C20H26O4. The second-order valence-electron chi connectivity index (χ2n) is 8.25. The van der Waals surface area contributed by atoms with Gasteiger partial charge in [-0.25, -0.2) is 9.59 Å². The summed E-state index contributed by atoms with van der Waals surface area (Å²) in [4.78, 5) is 24.0. The van der Waals surface area contributed by atoms with Gasteiger partial charge in [0.25, 0.3) is 0 Å². The fourth-order valence-electron chi connectivity index (χ4n) is 5.71. The molecule has 0 radical (unpaired) electrons. The number of esters is 2. The van der Waals surface area contributed by atoms with E-state index in [0.29, 0.717) is 25.0 Å². The Bertz CT molecular complexity index is 646. The number of allylic oxidation sites excluding steroid dienone is 1. The van der Waals surface area contributed by atoms with Crippen LogP contribution in [0.2, 0.25) is 0 Å². The lowest BCUT2D eigenvalue weighted by atomic mass is 9.47. The molecule has 0 aromatic heterocycles. The molecule has 0 aromatic rings. The van der Waals surface area contributed by atoms with Crippen LogP contribution in [-0.2, 0) is 19.1 Å². The van der Waals surface area contributed by atoms with E-state index in [0.717, 1.165) is 49.7 Å². The van der Waals surface area contributed by atoms with Crippen molar-refractivity contribution < 1.29 is 19.1 Å². The van der Waals surface area contributed by atoms with Crippen LogP contribution in [0.1, 0.15) is 52.4 Å². The predicted molar refractivity (Wildman–Crippen MR) is 89.0 cm³/mol. The third-order valence-electron chi connectivity index (χ3n) is 7.37. The molecule has 2 fully saturated rings. The van der Waals surface area contributed by atoms with E-state index in [1.807, 2.05) is 6.08 Å². The summed E-state index contributed by atoms with van der Waals surface area (Å²) in [5.74, 6) is 0.790. The van der Waals surface area contributed by atoms with Gasteiger partial charge in [-0.15, -0.1) is 0 Å². The largest absolute Gasteiger partial charge is 0.461 e. The van der Waals surface area contributed by atoms with E-state index in [1.165, 1.54) is 0 Å². The highest BCUT2D eigenvalue weighted by Crippen LogP contribution is 2.63. The Hall–Kier alpha value is -1.58. The molecule has 4 heteroatoms. The normalized spacial score (nSPS) is 41.1. The third kappa shape index (κ3) is 2.11. The highest BCUT2D eigenvalue weighted by molar-refractivity contribution is 5.92. The first-order valence-corrected chi connectivity index (χ1v) is 9.21. The van der Waals surface area contributed by atoms with Gasteiger partial charge in [0.15, 0.2) is 0 Å². The smallest absolute Gasteiger partial charge is 0.334 e. The monoisotopic (exact) mass is 330 g/mol. The molecule has 0 bridgehead atoms. The molecule has 0 aromatic carbocycles. The van der Waals surface area contributed by atoms with Crippen LogP contribution >= 0.6 is 0 Å². The first-order valence-electron chi connectivity index (χ1n) is 9.21. The lowest BCUT2D eigenvalue weighted by molar-refractivity contribution is -0.137. The lowest BCUT2D eigenvalue weighted by Crippen LogP contribution is -2.51. The standard InChI is InChI=1S/C20H26O4/c1-13-6-10-20-12-24-18(22)15(20)4-3-5-16(20)19(13,2)9-7-14-8-11-23-17(14)21/h4,8,13,16H,3,5-7,9-12H2,1-2H3/t13-,16?,19+,20-/m1/s1. The molecule has 1 spiro atoms. The quantitative estimate of drug-likeness (QED) is 0.742. The van der Waals surface area contributed by atoms with Crippen LogP contribution < -0.4 is 0 Å². The van der Waals surface area contributed by atoms with Crippen molar-refractivity contribution in [2.24, 2.45) is 22.7 Å². The van der Waals surface area contributed by atoms with E-state index in [1.54, 1.807) is 0 Å². The topological polar surface area (TPSA) is 52.6 Å². The van der Waals surface area contributed by atoms with E-state index in [-0.39, 0.29) is 22.8 Å². The summed E-state index contributed by atoms with van der Waals surface area (Å²) in [5.41, 5.74) is 1.81. The number of hydrogen-bond acceptors (Lipinski definition) is 4. The lowest BCUT2D eigenvalue weighted by Gasteiger charge is -2.56. The van der Waals surface area contributed by atoms with E-state index in [4.69, 9.17) is 9.47 Å². The second-order valence-corrected chi connectivity index (χ2v) is 8.25. The summed E-state index contributed by atoms with van der Waals surface area (Å²) in [6.07, 6.45) is 10.0. The summed E-state index contributed by atoms with van der Waals surface area (Å²) < 4.78 is 10.5. The number of carbonyl (C=O) groups excluding carboxylic acids is 2. The summed E-state index contributed by atoms with van der Waals surface area (Å²) in [6.45, 7) is 5.68.